The SMILES string of the molecule is CC/C=C\C/C=C\C/C=C\C/C=C\C/C=C\C/C=C\C/C=C\CCCCCCCCCCCCCCCCCC(=O)NC(COC1OC(CO)C(OC2OC(CO)C(OC3OC(CO)C(O)C(O)C3O)C(O)C2O)C(O)C1O)C(O)/C=C/CC/C=C/CCCCCCCCCCCCCCCCCCCCCC. The van der Waals surface area contributed by atoms with Crippen LogP contribution in [0.25, 0.3) is 0 Å². The largest absolute Gasteiger partial charge is 0.394 e. The van der Waals surface area contributed by atoms with E-state index in [4.69, 9.17) is 28.4 Å². The number of aliphatic hydroxyl groups is 11. The van der Waals surface area contributed by atoms with Crippen molar-refractivity contribution in [1.82, 2.24) is 5.32 Å². The van der Waals surface area contributed by atoms with Crippen LogP contribution in [-0.2, 0) is 33.2 Å². The molecular weight excluding hydrogens is 1370 g/mol. The Labute approximate surface area is 653 Å². The number of carbonyl (C=O) groups is 1. The topological polar surface area (TPSA) is 307 Å². The van der Waals surface area contributed by atoms with E-state index in [1.807, 2.05) is 6.08 Å². The second-order valence-corrected chi connectivity index (χ2v) is 30.3. The van der Waals surface area contributed by atoms with Crippen LogP contribution in [0.3, 0.4) is 0 Å². The van der Waals surface area contributed by atoms with Crippen LogP contribution in [0, 0.1) is 0 Å². The highest BCUT2D eigenvalue weighted by Gasteiger charge is 2.54. The number of unbranched alkanes of at least 4 members (excludes halogenated alkanes) is 36. The molecule has 17 atom stereocenters. The maximum Gasteiger partial charge on any atom is 0.220 e. The number of aliphatic hydroxyl groups excluding tert-OH is 11. The van der Waals surface area contributed by atoms with Gasteiger partial charge in [0.1, 0.15) is 73.2 Å². The van der Waals surface area contributed by atoms with Crippen molar-refractivity contribution >= 4 is 5.91 Å². The second kappa shape index (κ2) is 67.9. The van der Waals surface area contributed by atoms with Gasteiger partial charge in [0.05, 0.1) is 38.6 Å². The molecular formula is C89H155NO18. The van der Waals surface area contributed by atoms with Crippen LogP contribution in [0.2, 0.25) is 0 Å². The minimum Gasteiger partial charge on any atom is -0.394 e. The van der Waals surface area contributed by atoms with Crippen molar-refractivity contribution in [1.29, 1.82) is 0 Å². The van der Waals surface area contributed by atoms with Gasteiger partial charge in [-0.3, -0.25) is 4.79 Å². The summed E-state index contributed by atoms with van der Waals surface area (Å²) in [6.45, 7) is 1.63. The van der Waals surface area contributed by atoms with Crippen molar-refractivity contribution in [2.75, 3.05) is 26.4 Å². The summed E-state index contributed by atoms with van der Waals surface area (Å²) in [7, 11) is 0. The fourth-order valence-corrected chi connectivity index (χ4v) is 14.0. The molecule has 624 valence electrons. The van der Waals surface area contributed by atoms with E-state index in [2.05, 4.69) is 116 Å². The van der Waals surface area contributed by atoms with Crippen molar-refractivity contribution in [2.45, 2.75) is 420 Å². The lowest BCUT2D eigenvalue weighted by molar-refractivity contribution is -0.379. The van der Waals surface area contributed by atoms with Gasteiger partial charge in [-0.2, -0.15) is 0 Å². The first kappa shape index (κ1) is 98.6. The predicted octanol–water partition coefficient (Wildman–Crippen LogP) is 15.7. The molecule has 3 rings (SSSR count). The zero-order valence-electron chi connectivity index (χ0n) is 67.0. The van der Waals surface area contributed by atoms with Gasteiger partial charge in [0.15, 0.2) is 18.9 Å². The molecule has 0 radical (unpaired) electrons. The minimum absolute atomic E-state index is 0.231. The first-order chi connectivity index (χ1) is 52.8. The van der Waals surface area contributed by atoms with Crippen LogP contribution < -0.4 is 5.32 Å². The standard InChI is InChI=1S/C89H155NO18/c1-3-5-7-9-11-13-15-17-19-21-23-25-27-29-31-32-33-34-35-36-37-38-39-40-41-43-45-47-49-51-53-55-57-59-61-63-65-67-77(95)90-72(73(94)66-64-62-60-58-56-54-52-50-48-46-44-42-30-28-26-24-22-20-18-16-14-12-10-8-6-4-2)71-103-87-83(101)80(98)85(75(69-92)105-87)108-89-84(102)81(99)86(76(70-93)106-89)107-88-82(100)79(97)78(96)74(68-91)104-88/h5,7,11,13,17,19,23,25,29,31,33-34,36-37,56,58,64,66,72-76,78-89,91-94,96-102H,3-4,6,8-10,12,14-16,18,20-22,24,26-28,30,32,35,38-55,57,59-63,65,67-71H2,1-2H3,(H,90,95)/b7-5-,13-11-,19-17-,25-23-,31-29-,34-33-,37-36-,58-56+,66-64+. The average molecular weight is 1530 g/mol. The summed E-state index contributed by atoms with van der Waals surface area (Å²) in [4.78, 5) is 13.5. The summed E-state index contributed by atoms with van der Waals surface area (Å²) in [5.41, 5.74) is 0. The molecule has 0 bridgehead atoms. The van der Waals surface area contributed by atoms with Gasteiger partial charge in [0.25, 0.3) is 0 Å². The number of carbonyl (C=O) groups excluding carboxylic acids is 1. The quantitative estimate of drug-likeness (QED) is 0.0199. The Balaban J connectivity index is 1.35. The lowest BCUT2D eigenvalue weighted by atomic mass is 9.96. The summed E-state index contributed by atoms with van der Waals surface area (Å²) in [5, 5.41) is 121. The Morgan fingerprint density at radius 1 is 0.343 bits per heavy atom. The van der Waals surface area contributed by atoms with E-state index in [0.717, 1.165) is 89.9 Å². The number of hydrogen-bond acceptors (Lipinski definition) is 18. The van der Waals surface area contributed by atoms with Gasteiger partial charge >= 0.3 is 0 Å². The molecule has 12 N–H and O–H groups in total. The molecule has 3 fully saturated rings. The van der Waals surface area contributed by atoms with Gasteiger partial charge < -0.3 is 89.9 Å². The highest BCUT2D eigenvalue weighted by molar-refractivity contribution is 5.76. The van der Waals surface area contributed by atoms with Crippen molar-refractivity contribution in [3.63, 3.8) is 0 Å². The summed E-state index contributed by atoms with van der Waals surface area (Å²) >= 11 is 0. The Kier molecular flexibility index (Phi) is 62.0. The molecule has 19 nitrogen and oxygen atoms in total. The Morgan fingerprint density at radius 2 is 0.648 bits per heavy atom. The summed E-state index contributed by atoms with van der Waals surface area (Å²) in [6.07, 6.45) is 68.0. The number of nitrogens with one attached hydrogen (secondary N) is 1. The predicted molar refractivity (Wildman–Crippen MR) is 434 cm³/mol. The lowest BCUT2D eigenvalue weighted by Gasteiger charge is -2.48. The van der Waals surface area contributed by atoms with Crippen molar-refractivity contribution in [2.24, 2.45) is 0 Å². The van der Waals surface area contributed by atoms with Gasteiger partial charge in [-0.05, 0) is 89.9 Å². The van der Waals surface area contributed by atoms with Crippen LogP contribution in [-0.4, -0.2) is 193 Å². The average Bonchev–Trinajstić information content (AvgIpc) is 0.779. The van der Waals surface area contributed by atoms with Gasteiger partial charge in [-0.15, -0.1) is 0 Å². The molecule has 108 heavy (non-hydrogen) atoms. The molecule has 3 aliphatic heterocycles. The highest BCUT2D eigenvalue weighted by atomic mass is 16.8. The fraction of sp³-hybridized carbons (Fsp3) is 0.787. The van der Waals surface area contributed by atoms with E-state index in [9.17, 15) is 61.0 Å². The number of amides is 1. The number of ether oxygens (including phenoxy) is 6. The molecule has 19 heteroatoms. The molecule has 0 spiro atoms. The molecule has 0 aliphatic carbocycles. The molecule has 3 aliphatic rings. The van der Waals surface area contributed by atoms with Gasteiger partial charge in [-0.1, -0.05) is 329 Å². The van der Waals surface area contributed by atoms with Crippen LogP contribution in [0.5, 0.6) is 0 Å². The summed E-state index contributed by atoms with van der Waals surface area (Å²) in [5.74, 6) is -0.286. The maximum atomic E-state index is 13.5. The molecule has 17 unspecified atom stereocenters. The van der Waals surface area contributed by atoms with E-state index >= 15 is 0 Å². The third-order valence-corrected chi connectivity index (χ3v) is 20.8. The van der Waals surface area contributed by atoms with Crippen molar-refractivity contribution in [3.05, 3.63) is 109 Å². The molecule has 0 aromatic heterocycles. The van der Waals surface area contributed by atoms with Crippen LogP contribution in [0.4, 0.5) is 0 Å². The van der Waals surface area contributed by atoms with Crippen LogP contribution >= 0.6 is 0 Å². The molecule has 0 aromatic rings. The molecule has 0 saturated carbocycles. The number of rotatable bonds is 68. The van der Waals surface area contributed by atoms with E-state index in [1.54, 1.807) is 6.08 Å². The summed E-state index contributed by atoms with van der Waals surface area (Å²) in [6, 6.07) is -0.998. The molecule has 3 saturated heterocycles. The highest BCUT2D eigenvalue weighted by Crippen LogP contribution is 2.33. The first-order valence-electron chi connectivity index (χ1n) is 43.1. The van der Waals surface area contributed by atoms with Crippen LogP contribution in [0.1, 0.15) is 316 Å². The summed E-state index contributed by atoms with van der Waals surface area (Å²) < 4.78 is 34.5. The lowest BCUT2D eigenvalue weighted by Crippen LogP contribution is -2.66. The van der Waals surface area contributed by atoms with E-state index < -0.39 is 124 Å². The Morgan fingerprint density at radius 3 is 1.04 bits per heavy atom. The van der Waals surface area contributed by atoms with E-state index in [-0.39, 0.29) is 18.9 Å². The Bertz CT molecular complexity index is 2380. The van der Waals surface area contributed by atoms with Crippen molar-refractivity contribution < 1.29 is 89.4 Å². The normalized spacial score (nSPS) is 26.0. The number of allylic oxidation sites excluding steroid dienone is 17. The zero-order valence-corrected chi connectivity index (χ0v) is 67.0. The Hall–Kier alpha value is -3.55. The third-order valence-electron chi connectivity index (χ3n) is 20.8. The van der Waals surface area contributed by atoms with Crippen molar-refractivity contribution in [3.8, 4) is 0 Å². The van der Waals surface area contributed by atoms with Crippen LogP contribution in [0.15, 0.2) is 109 Å². The number of hydrogen-bond donors (Lipinski definition) is 12. The smallest absolute Gasteiger partial charge is 0.220 e. The van der Waals surface area contributed by atoms with Gasteiger partial charge in [-0.25, -0.2) is 0 Å². The van der Waals surface area contributed by atoms with E-state index in [0.29, 0.717) is 12.8 Å². The van der Waals surface area contributed by atoms with Gasteiger partial charge in [0.2, 0.25) is 5.91 Å². The maximum absolute atomic E-state index is 13.5. The minimum atomic E-state index is -1.99. The second-order valence-electron chi connectivity index (χ2n) is 30.3. The molecule has 3 heterocycles. The van der Waals surface area contributed by atoms with E-state index in [1.165, 1.54) is 193 Å². The monoisotopic (exact) mass is 1530 g/mol. The zero-order chi connectivity index (χ0) is 78.1. The molecule has 1 amide bonds. The van der Waals surface area contributed by atoms with Gasteiger partial charge in [0, 0.05) is 6.42 Å². The third kappa shape index (κ3) is 46.6. The fourth-order valence-electron chi connectivity index (χ4n) is 14.0. The first-order valence-corrected chi connectivity index (χ1v) is 43.1. The molecule has 0 aromatic carbocycles.